The number of nitrogens with zero attached hydrogens (tertiary/aromatic N) is 4. The highest BCUT2D eigenvalue weighted by atomic mass is 14.6. The predicted octanol–water partition coefficient (Wildman–Crippen LogP) is 12.6. The fraction of sp³-hybridized carbons (Fsp3) is 0. The Kier molecular flexibility index (Phi) is 8.90. The van der Waals surface area contributed by atoms with Crippen LogP contribution >= 0.6 is 0 Å². The smallest absolute Gasteiger partial charge is 0.0346 e. The third-order valence-corrected chi connectivity index (χ3v) is 9.92. The van der Waals surface area contributed by atoms with Gasteiger partial charge in [0, 0.05) is 49.6 Å². The molecule has 0 saturated carbocycles. The van der Waals surface area contributed by atoms with Gasteiger partial charge in [0.1, 0.15) is 0 Å². The SMILES string of the molecule is c1cncc(-c2ccc(-c3cc(-c4ccc(-c5cccnc5)cc4)c(-c4ccc(-c5cccnc5)cc4)cc3-c3ccc(-c4cccnc4)cc3)cc2)c1. The summed E-state index contributed by atoms with van der Waals surface area (Å²) in [6.45, 7) is 0. The first-order chi connectivity index (χ1) is 26.8. The molecule has 0 aliphatic heterocycles. The molecule has 54 heavy (non-hydrogen) atoms. The van der Waals surface area contributed by atoms with Gasteiger partial charge in [-0.3, -0.25) is 19.9 Å². The van der Waals surface area contributed by atoms with Gasteiger partial charge in [0.2, 0.25) is 0 Å². The normalized spacial score (nSPS) is 11.0. The zero-order valence-corrected chi connectivity index (χ0v) is 29.4. The van der Waals surface area contributed by atoms with Crippen LogP contribution in [0.5, 0.6) is 0 Å². The van der Waals surface area contributed by atoms with E-state index in [9.17, 15) is 0 Å². The van der Waals surface area contributed by atoms with Crippen LogP contribution in [-0.4, -0.2) is 19.9 Å². The highest BCUT2D eigenvalue weighted by molar-refractivity contribution is 5.96. The summed E-state index contributed by atoms with van der Waals surface area (Å²) in [4.78, 5) is 17.4. The molecule has 0 fully saturated rings. The Balaban J connectivity index is 1.23. The summed E-state index contributed by atoms with van der Waals surface area (Å²) in [6.07, 6.45) is 14.9. The number of benzene rings is 5. The molecule has 0 saturated heterocycles. The van der Waals surface area contributed by atoms with Crippen LogP contribution in [-0.2, 0) is 0 Å². The molecule has 0 N–H and O–H groups in total. The largest absolute Gasteiger partial charge is 0.264 e. The lowest BCUT2D eigenvalue weighted by Crippen LogP contribution is -1.93. The Labute approximate surface area is 315 Å². The molecule has 4 heterocycles. The van der Waals surface area contributed by atoms with Gasteiger partial charge in [-0.25, -0.2) is 0 Å². The molecule has 0 bridgehead atoms. The van der Waals surface area contributed by atoms with Crippen molar-refractivity contribution in [3.05, 3.63) is 207 Å². The molecule has 0 radical (unpaired) electrons. The minimum atomic E-state index is 1.09. The molecule has 254 valence electrons. The summed E-state index contributed by atoms with van der Waals surface area (Å²) >= 11 is 0. The van der Waals surface area contributed by atoms with Crippen molar-refractivity contribution in [1.82, 2.24) is 19.9 Å². The summed E-state index contributed by atoms with van der Waals surface area (Å²) < 4.78 is 0. The zero-order chi connectivity index (χ0) is 36.1. The van der Waals surface area contributed by atoms with Crippen LogP contribution in [0, 0.1) is 0 Å². The Morgan fingerprint density at radius 3 is 0.593 bits per heavy atom. The van der Waals surface area contributed by atoms with Crippen LogP contribution in [0.25, 0.3) is 89.0 Å². The fourth-order valence-corrected chi connectivity index (χ4v) is 7.06. The van der Waals surface area contributed by atoms with Gasteiger partial charge in [0.05, 0.1) is 0 Å². The van der Waals surface area contributed by atoms with Crippen molar-refractivity contribution in [2.24, 2.45) is 0 Å². The standard InChI is InChI=1S/C50H34N4/c1-5-43(31-51-25-1)35-9-17-39(18-10-35)47-29-49(41-21-13-37(14-22-41)45-7-3-27-53-33-45)50(42-23-15-38(16-24-42)46-8-4-28-54-34-46)30-48(47)40-19-11-36(12-20-40)44-6-2-26-52-32-44/h1-34H. The van der Waals surface area contributed by atoms with Crippen LogP contribution in [0.1, 0.15) is 0 Å². The Bertz CT molecular complexity index is 2250. The van der Waals surface area contributed by atoms with Crippen molar-refractivity contribution in [2.45, 2.75) is 0 Å². The Hall–Kier alpha value is -7.30. The van der Waals surface area contributed by atoms with E-state index in [1.54, 1.807) is 0 Å². The number of hydrogen-bond acceptors (Lipinski definition) is 4. The third-order valence-electron chi connectivity index (χ3n) is 9.92. The van der Waals surface area contributed by atoms with E-state index >= 15 is 0 Å². The molecule has 9 rings (SSSR count). The van der Waals surface area contributed by atoms with Crippen molar-refractivity contribution in [2.75, 3.05) is 0 Å². The van der Waals surface area contributed by atoms with Gasteiger partial charge in [-0.15, -0.1) is 0 Å². The third kappa shape index (κ3) is 6.72. The van der Waals surface area contributed by atoms with Gasteiger partial charge in [-0.2, -0.15) is 0 Å². The van der Waals surface area contributed by atoms with Gasteiger partial charge in [-0.05, 0) is 125 Å². The van der Waals surface area contributed by atoms with E-state index in [0.29, 0.717) is 0 Å². The summed E-state index contributed by atoms with van der Waals surface area (Å²) in [5.74, 6) is 0. The van der Waals surface area contributed by atoms with Gasteiger partial charge in [0.25, 0.3) is 0 Å². The first-order valence-electron chi connectivity index (χ1n) is 18.0. The summed E-state index contributed by atoms with van der Waals surface area (Å²) in [5.41, 5.74) is 18.1. The first-order valence-corrected chi connectivity index (χ1v) is 18.0. The lowest BCUT2D eigenvalue weighted by molar-refractivity contribution is 1.33. The Morgan fingerprint density at radius 1 is 0.204 bits per heavy atom. The molecule has 0 atom stereocenters. The molecular weight excluding hydrogens is 657 g/mol. The molecular formula is C50H34N4. The minimum Gasteiger partial charge on any atom is -0.264 e. The van der Waals surface area contributed by atoms with Crippen LogP contribution < -0.4 is 0 Å². The van der Waals surface area contributed by atoms with Crippen molar-refractivity contribution < 1.29 is 0 Å². The predicted molar refractivity (Wildman–Crippen MR) is 221 cm³/mol. The average molecular weight is 691 g/mol. The van der Waals surface area contributed by atoms with Crippen molar-refractivity contribution in [3.8, 4) is 89.0 Å². The maximum Gasteiger partial charge on any atom is 0.0346 e. The Morgan fingerprint density at radius 2 is 0.407 bits per heavy atom. The van der Waals surface area contributed by atoms with E-state index < -0.39 is 0 Å². The second-order valence-corrected chi connectivity index (χ2v) is 13.2. The molecule has 0 aliphatic rings. The maximum absolute atomic E-state index is 4.35. The molecule has 5 aromatic carbocycles. The maximum atomic E-state index is 4.35. The number of rotatable bonds is 8. The van der Waals surface area contributed by atoms with Crippen molar-refractivity contribution in [3.63, 3.8) is 0 Å². The van der Waals surface area contributed by atoms with Gasteiger partial charge >= 0.3 is 0 Å². The van der Waals surface area contributed by atoms with Crippen molar-refractivity contribution in [1.29, 1.82) is 0 Å². The number of pyridine rings is 4. The molecule has 9 aromatic rings. The summed E-state index contributed by atoms with van der Waals surface area (Å²) in [6, 6.07) is 56.3. The van der Waals surface area contributed by atoms with E-state index in [1.165, 1.54) is 0 Å². The average Bonchev–Trinajstić information content (AvgIpc) is 3.27. The van der Waals surface area contributed by atoms with Gasteiger partial charge in [-0.1, -0.05) is 121 Å². The topological polar surface area (TPSA) is 51.6 Å². The minimum absolute atomic E-state index is 1.09. The summed E-state index contributed by atoms with van der Waals surface area (Å²) in [5, 5.41) is 0. The fourth-order valence-electron chi connectivity index (χ4n) is 7.06. The monoisotopic (exact) mass is 690 g/mol. The second kappa shape index (κ2) is 14.7. The molecule has 0 spiro atoms. The highest BCUT2D eigenvalue weighted by Gasteiger charge is 2.17. The lowest BCUT2D eigenvalue weighted by atomic mass is 9.84. The second-order valence-electron chi connectivity index (χ2n) is 13.2. The van der Waals surface area contributed by atoms with Crippen LogP contribution in [0.2, 0.25) is 0 Å². The number of aromatic nitrogens is 4. The summed E-state index contributed by atoms with van der Waals surface area (Å²) in [7, 11) is 0. The van der Waals surface area contributed by atoms with Crippen molar-refractivity contribution >= 4 is 0 Å². The number of hydrogen-bond donors (Lipinski definition) is 0. The van der Waals surface area contributed by atoms with Crippen LogP contribution in [0.15, 0.2) is 207 Å². The molecule has 0 amide bonds. The molecule has 0 unspecified atom stereocenters. The molecule has 0 aliphatic carbocycles. The lowest BCUT2D eigenvalue weighted by Gasteiger charge is -2.19. The van der Waals surface area contributed by atoms with Gasteiger partial charge in [0.15, 0.2) is 0 Å². The van der Waals surface area contributed by atoms with Crippen LogP contribution in [0.3, 0.4) is 0 Å². The van der Waals surface area contributed by atoms with Gasteiger partial charge < -0.3 is 0 Å². The van der Waals surface area contributed by atoms with E-state index in [1.807, 2.05) is 73.8 Å². The first kappa shape index (κ1) is 32.6. The quantitative estimate of drug-likeness (QED) is 0.159. The van der Waals surface area contributed by atoms with E-state index in [4.69, 9.17) is 0 Å². The molecule has 4 heteroatoms. The van der Waals surface area contributed by atoms with E-state index in [2.05, 4.69) is 153 Å². The molecule has 4 nitrogen and oxygen atoms in total. The highest BCUT2D eigenvalue weighted by Crippen LogP contribution is 2.43. The van der Waals surface area contributed by atoms with E-state index in [-0.39, 0.29) is 0 Å². The van der Waals surface area contributed by atoms with Crippen LogP contribution in [0.4, 0.5) is 0 Å². The van der Waals surface area contributed by atoms with E-state index in [0.717, 1.165) is 89.0 Å². The molecule has 4 aromatic heterocycles. The zero-order valence-electron chi connectivity index (χ0n) is 29.4.